The van der Waals surface area contributed by atoms with E-state index in [0.29, 0.717) is 5.75 Å². The SMILES string of the molecule is COCCCNc1ccc(O)cc1. The number of anilines is 1. The quantitative estimate of drug-likeness (QED) is 0.538. The van der Waals surface area contributed by atoms with Gasteiger partial charge in [0.25, 0.3) is 0 Å². The lowest BCUT2D eigenvalue weighted by Crippen LogP contribution is -2.04. The third-order valence-electron chi connectivity index (χ3n) is 1.72. The molecule has 0 saturated carbocycles. The maximum Gasteiger partial charge on any atom is 0.115 e. The van der Waals surface area contributed by atoms with Crippen molar-refractivity contribution in [2.75, 3.05) is 25.6 Å². The number of phenolic OH excluding ortho intramolecular Hbond substituents is 1. The van der Waals surface area contributed by atoms with E-state index in [0.717, 1.165) is 25.3 Å². The summed E-state index contributed by atoms with van der Waals surface area (Å²) in [6.45, 7) is 1.66. The zero-order valence-corrected chi connectivity index (χ0v) is 7.79. The molecule has 0 heterocycles. The van der Waals surface area contributed by atoms with E-state index in [2.05, 4.69) is 5.32 Å². The van der Waals surface area contributed by atoms with E-state index in [1.807, 2.05) is 12.1 Å². The van der Waals surface area contributed by atoms with Gasteiger partial charge in [-0.15, -0.1) is 0 Å². The lowest BCUT2D eigenvalue weighted by atomic mass is 10.3. The molecule has 1 aromatic carbocycles. The first-order chi connectivity index (χ1) is 6.33. The highest BCUT2D eigenvalue weighted by molar-refractivity contribution is 5.45. The fourth-order valence-corrected chi connectivity index (χ4v) is 1.03. The highest BCUT2D eigenvalue weighted by Crippen LogP contribution is 2.13. The van der Waals surface area contributed by atoms with Gasteiger partial charge in [-0.05, 0) is 30.7 Å². The number of hydrogen-bond acceptors (Lipinski definition) is 3. The van der Waals surface area contributed by atoms with Crippen LogP contribution in [0, 0.1) is 0 Å². The Bertz CT molecular complexity index is 233. The van der Waals surface area contributed by atoms with E-state index in [-0.39, 0.29) is 0 Å². The average molecular weight is 181 g/mol. The van der Waals surface area contributed by atoms with E-state index < -0.39 is 0 Å². The monoisotopic (exact) mass is 181 g/mol. The molecule has 0 bridgehead atoms. The Morgan fingerprint density at radius 1 is 1.31 bits per heavy atom. The van der Waals surface area contributed by atoms with Crippen molar-refractivity contribution in [3.63, 3.8) is 0 Å². The van der Waals surface area contributed by atoms with Crippen LogP contribution in [0.4, 0.5) is 5.69 Å². The van der Waals surface area contributed by atoms with Gasteiger partial charge < -0.3 is 15.2 Å². The zero-order valence-electron chi connectivity index (χ0n) is 7.79. The van der Waals surface area contributed by atoms with Crippen molar-refractivity contribution in [1.82, 2.24) is 0 Å². The lowest BCUT2D eigenvalue weighted by molar-refractivity contribution is 0.198. The van der Waals surface area contributed by atoms with Gasteiger partial charge in [-0.25, -0.2) is 0 Å². The highest BCUT2D eigenvalue weighted by atomic mass is 16.5. The second kappa shape index (κ2) is 5.43. The number of ether oxygens (including phenoxy) is 1. The molecule has 0 aliphatic heterocycles. The maximum atomic E-state index is 9.02. The molecular weight excluding hydrogens is 166 g/mol. The number of methoxy groups -OCH3 is 1. The third kappa shape index (κ3) is 3.80. The predicted octanol–water partition coefficient (Wildman–Crippen LogP) is 1.84. The molecule has 0 radical (unpaired) electrons. The highest BCUT2D eigenvalue weighted by Gasteiger charge is 1.91. The number of benzene rings is 1. The van der Waals surface area contributed by atoms with Crippen LogP contribution in [-0.2, 0) is 4.74 Å². The molecule has 2 N–H and O–H groups in total. The van der Waals surface area contributed by atoms with Crippen LogP contribution >= 0.6 is 0 Å². The topological polar surface area (TPSA) is 41.5 Å². The van der Waals surface area contributed by atoms with Gasteiger partial charge in [0, 0.05) is 25.9 Å². The molecule has 0 aromatic heterocycles. The number of aromatic hydroxyl groups is 1. The first-order valence-electron chi connectivity index (χ1n) is 4.35. The summed E-state index contributed by atoms with van der Waals surface area (Å²) in [5, 5.41) is 12.2. The van der Waals surface area contributed by atoms with Gasteiger partial charge >= 0.3 is 0 Å². The number of hydrogen-bond donors (Lipinski definition) is 2. The first kappa shape index (κ1) is 9.86. The fourth-order valence-electron chi connectivity index (χ4n) is 1.03. The van der Waals surface area contributed by atoms with Gasteiger partial charge in [0.1, 0.15) is 5.75 Å². The van der Waals surface area contributed by atoms with Crippen molar-refractivity contribution in [2.24, 2.45) is 0 Å². The molecule has 13 heavy (non-hydrogen) atoms. The summed E-state index contributed by atoms with van der Waals surface area (Å²) in [7, 11) is 1.69. The summed E-state index contributed by atoms with van der Waals surface area (Å²) in [5.41, 5.74) is 1.02. The molecule has 0 aliphatic rings. The Balaban J connectivity index is 2.25. The fraction of sp³-hybridized carbons (Fsp3) is 0.400. The van der Waals surface area contributed by atoms with E-state index in [1.165, 1.54) is 0 Å². The minimum atomic E-state index is 0.294. The predicted molar refractivity (Wildman–Crippen MR) is 53.1 cm³/mol. The molecule has 1 aromatic rings. The summed E-state index contributed by atoms with van der Waals surface area (Å²) >= 11 is 0. The maximum absolute atomic E-state index is 9.02. The van der Waals surface area contributed by atoms with Crippen LogP contribution in [0.25, 0.3) is 0 Å². The number of phenols is 1. The molecule has 0 amide bonds. The second-order valence-electron chi connectivity index (χ2n) is 2.82. The summed E-state index contributed by atoms with van der Waals surface area (Å²) in [5.74, 6) is 0.294. The van der Waals surface area contributed by atoms with Crippen molar-refractivity contribution >= 4 is 5.69 Å². The van der Waals surface area contributed by atoms with Crippen LogP contribution in [0.2, 0.25) is 0 Å². The molecule has 0 spiro atoms. The van der Waals surface area contributed by atoms with Gasteiger partial charge in [-0.1, -0.05) is 0 Å². The molecule has 3 nitrogen and oxygen atoms in total. The molecule has 0 unspecified atom stereocenters. The summed E-state index contributed by atoms with van der Waals surface area (Å²) < 4.78 is 4.92. The van der Waals surface area contributed by atoms with E-state index in [1.54, 1.807) is 19.2 Å². The standard InChI is InChI=1S/C10H15NO2/c1-13-8-2-7-11-9-3-5-10(12)6-4-9/h3-6,11-12H,2,7-8H2,1H3. The second-order valence-corrected chi connectivity index (χ2v) is 2.82. The average Bonchev–Trinajstić information content (AvgIpc) is 2.15. The smallest absolute Gasteiger partial charge is 0.115 e. The normalized spacial score (nSPS) is 9.92. The Kier molecular flexibility index (Phi) is 4.12. The largest absolute Gasteiger partial charge is 0.508 e. The summed E-state index contributed by atoms with van der Waals surface area (Å²) in [6.07, 6.45) is 0.984. The van der Waals surface area contributed by atoms with Crippen molar-refractivity contribution in [2.45, 2.75) is 6.42 Å². The van der Waals surface area contributed by atoms with Crippen LogP contribution in [0.1, 0.15) is 6.42 Å². The van der Waals surface area contributed by atoms with E-state index >= 15 is 0 Å². The van der Waals surface area contributed by atoms with Gasteiger partial charge in [0.15, 0.2) is 0 Å². The Morgan fingerprint density at radius 3 is 2.62 bits per heavy atom. The van der Waals surface area contributed by atoms with Crippen molar-refractivity contribution < 1.29 is 9.84 Å². The van der Waals surface area contributed by atoms with Crippen LogP contribution in [0.15, 0.2) is 24.3 Å². The minimum Gasteiger partial charge on any atom is -0.508 e. The zero-order chi connectivity index (χ0) is 9.52. The number of nitrogens with one attached hydrogen (secondary N) is 1. The Hall–Kier alpha value is -1.22. The Morgan fingerprint density at radius 2 is 2.00 bits per heavy atom. The van der Waals surface area contributed by atoms with Crippen molar-refractivity contribution in [3.8, 4) is 5.75 Å². The van der Waals surface area contributed by atoms with Crippen LogP contribution in [0.5, 0.6) is 5.75 Å². The van der Waals surface area contributed by atoms with Crippen LogP contribution in [0.3, 0.4) is 0 Å². The number of rotatable bonds is 5. The van der Waals surface area contributed by atoms with Crippen molar-refractivity contribution in [1.29, 1.82) is 0 Å². The molecule has 0 atom stereocenters. The molecule has 3 heteroatoms. The van der Waals surface area contributed by atoms with Gasteiger partial charge in [-0.3, -0.25) is 0 Å². The van der Waals surface area contributed by atoms with Gasteiger partial charge in [0.05, 0.1) is 0 Å². The Labute approximate surface area is 78.3 Å². The van der Waals surface area contributed by atoms with Crippen LogP contribution in [-0.4, -0.2) is 25.4 Å². The molecule has 0 fully saturated rings. The van der Waals surface area contributed by atoms with E-state index in [9.17, 15) is 0 Å². The molecule has 0 aliphatic carbocycles. The van der Waals surface area contributed by atoms with Gasteiger partial charge in [-0.2, -0.15) is 0 Å². The molecule has 1 rings (SSSR count). The molecule has 0 saturated heterocycles. The minimum absolute atomic E-state index is 0.294. The summed E-state index contributed by atoms with van der Waals surface area (Å²) in [6, 6.07) is 7.03. The van der Waals surface area contributed by atoms with E-state index in [4.69, 9.17) is 9.84 Å². The third-order valence-corrected chi connectivity index (χ3v) is 1.72. The van der Waals surface area contributed by atoms with Crippen molar-refractivity contribution in [3.05, 3.63) is 24.3 Å². The molecular formula is C10H15NO2. The lowest BCUT2D eigenvalue weighted by Gasteiger charge is -2.05. The molecule has 72 valence electrons. The van der Waals surface area contributed by atoms with Gasteiger partial charge in [0.2, 0.25) is 0 Å². The summed E-state index contributed by atoms with van der Waals surface area (Å²) in [4.78, 5) is 0. The van der Waals surface area contributed by atoms with Crippen LogP contribution < -0.4 is 5.32 Å². The first-order valence-corrected chi connectivity index (χ1v) is 4.35.